The van der Waals surface area contributed by atoms with E-state index in [2.05, 4.69) is 34.2 Å². The molecule has 1 aliphatic carbocycles. The SMILES string of the molecule is CC1(C)Oc2ncnc(N)c2N=C1c1ccc([C@H]2CC[C@H](OP(=O)(O)c3cccs3)CC2)cc1. The van der Waals surface area contributed by atoms with Gasteiger partial charge in [0, 0.05) is 5.56 Å². The largest absolute Gasteiger partial charge is 0.463 e. The highest BCUT2D eigenvalue weighted by Gasteiger charge is 2.35. The van der Waals surface area contributed by atoms with Crippen LogP contribution in [-0.2, 0) is 9.09 Å². The summed E-state index contributed by atoms with van der Waals surface area (Å²) in [6.45, 7) is 3.91. The molecule has 2 aliphatic rings. The number of nitrogens with two attached hydrogens (primary N) is 1. The number of benzene rings is 1. The van der Waals surface area contributed by atoms with Crippen molar-refractivity contribution >= 4 is 40.8 Å². The van der Waals surface area contributed by atoms with Crippen LogP contribution in [0.5, 0.6) is 5.88 Å². The monoisotopic (exact) mass is 498 g/mol. The van der Waals surface area contributed by atoms with E-state index in [1.165, 1.54) is 23.2 Å². The number of fused-ring (bicyclic) bond motifs is 1. The summed E-state index contributed by atoms with van der Waals surface area (Å²) in [6, 6.07) is 11.8. The van der Waals surface area contributed by atoms with E-state index < -0.39 is 13.2 Å². The fourth-order valence-corrected chi connectivity index (χ4v) is 6.89. The third-order valence-electron chi connectivity index (χ3n) is 6.37. The van der Waals surface area contributed by atoms with Crippen LogP contribution in [0.25, 0.3) is 0 Å². The van der Waals surface area contributed by atoms with Crippen LogP contribution in [0, 0.1) is 0 Å². The molecule has 0 saturated heterocycles. The molecule has 1 aliphatic heterocycles. The Morgan fingerprint density at radius 1 is 1.15 bits per heavy atom. The topological polar surface area (TPSA) is 120 Å². The minimum Gasteiger partial charge on any atom is -0.463 e. The molecule has 10 heteroatoms. The molecule has 0 spiro atoms. The first-order chi connectivity index (χ1) is 16.2. The molecule has 178 valence electrons. The van der Waals surface area contributed by atoms with E-state index in [4.69, 9.17) is 20.0 Å². The summed E-state index contributed by atoms with van der Waals surface area (Å²) in [5.74, 6) is 1.07. The molecule has 3 heterocycles. The van der Waals surface area contributed by atoms with Gasteiger partial charge in [0.1, 0.15) is 16.5 Å². The summed E-state index contributed by atoms with van der Waals surface area (Å²) < 4.78 is 24.7. The highest BCUT2D eigenvalue weighted by atomic mass is 32.1. The van der Waals surface area contributed by atoms with Crippen LogP contribution < -0.4 is 15.1 Å². The maximum atomic E-state index is 12.5. The Balaban J connectivity index is 1.27. The summed E-state index contributed by atoms with van der Waals surface area (Å²) in [7, 11) is -3.74. The van der Waals surface area contributed by atoms with Crippen molar-refractivity contribution in [3.63, 3.8) is 0 Å². The molecule has 1 atom stereocenters. The standard InChI is InChI=1S/C24H27N4O4PS/c1-24(2)21(28-20-22(25)26-14-27-23(20)31-24)17-7-5-15(6-8-17)16-9-11-18(12-10-16)32-33(29,30)19-4-3-13-34-19/h3-8,13-14,16,18H,9-12H2,1-2H3,(H,29,30)(H2,25,26,27)/t16-,18-. The third kappa shape index (κ3) is 4.53. The normalized spacial score (nSPS) is 23.3. The molecule has 2 aromatic heterocycles. The minimum absolute atomic E-state index is 0.198. The predicted octanol–water partition coefficient (Wildman–Crippen LogP) is 4.97. The van der Waals surface area contributed by atoms with Crippen LogP contribution in [0.1, 0.15) is 56.6 Å². The van der Waals surface area contributed by atoms with Crippen LogP contribution in [0.2, 0.25) is 0 Å². The van der Waals surface area contributed by atoms with Crippen LogP contribution in [-0.4, -0.2) is 32.3 Å². The quantitative estimate of drug-likeness (QED) is 0.477. The average Bonchev–Trinajstić information content (AvgIpc) is 3.35. The summed E-state index contributed by atoms with van der Waals surface area (Å²) in [6.07, 6.45) is 4.51. The highest BCUT2D eigenvalue weighted by molar-refractivity contribution is 7.67. The van der Waals surface area contributed by atoms with Crippen LogP contribution in [0.15, 0.2) is 53.1 Å². The molecule has 1 fully saturated rings. The number of rotatable bonds is 5. The number of nitrogen functional groups attached to an aromatic ring is 1. The Labute approximate surface area is 202 Å². The van der Waals surface area contributed by atoms with Gasteiger partial charge in [-0.15, -0.1) is 11.3 Å². The zero-order valence-corrected chi connectivity index (χ0v) is 20.8. The minimum atomic E-state index is -3.74. The maximum absolute atomic E-state index is 12.5. The van der Waals surface area contributed by atoms with Crippen molar-refractivity contribution in [2.24, 2.45) is 4.99 Å². The first-order valence-corrected chi connectivity index (χ1v) is 13.7. The fraction of sp³-hybridized carbons (Fsp3) is 0.375. The van der Waals surface area contributed by atoms with Crippen molar-refractivity contribution in [1.29, 1.82) is 0 Å². The van der Waals surface area contributed by atoms with Gasteiger partial charge in [-0.25, -0.2) is 9.98 Å². The number of thiophene rings is 1. The van der Waals surface area contributed by atoms with Gasteiger partial charge in [0.2, 0.25) is 5.88 Å². The Bertz CT molecular complexity index is 1250. The summed E-state index contributed by atoms with van der Waals surface area (Å²) >= 11 is 1.26. The molecule has 0 amide bonds. The van der Waals surface area contributed by atoms with Gasteiger partial charge in [-0.3, -0.25) is 4.57 Å². The van der Waals surface area contributed by atoms with E-state index in [1.807, 2.05) is 13.8 Å². The van der Waals surface area contributed by atoms with Crippen LogP contribution in [0.4, 0.5) is 11.5 Å². The van der Waals surface area contributed by atoms with E-state index in [9.17, 15) is 9.46 Å². The van der Waals surface area contributed by atoms with Crippen LogP contribution in [0.3, 0.4) is 0 Å². The number of anilines is 1. The molecule has 1 unspecified atom stereocenters. The molecular formula is C24H27N4O4PS. The molecule has 3 N–H and O–H groups in total. The van der Waals surface area contributed by atoms with Crippen molar-refractivity contribution < 1.29 is 18.7 Å². The summed E-state index contributed by atoms with van der Waals surface area (Å²) in [5.41, 5.74) is 8.76. The second-order valence-corrected chi connectivity index (χ2v) is 12.1. The number of aliphatic imine (C=N–C) groups is 1. The first kappa shape index (κ1) is 23.2. The molecule has 5 rings (SSSR count). The van der Waals surface area contributed by atoms with Gasteiger partial charge in [-0.1, -0.05) is 30.3 Å². The number of hydrogen-bond donors (Lipinski definition) is 2. The Morgan fingerprint density at radius 2 is 1.88 bits per heavy atom. The lowest BCUT2D eigenvalue weighted by molar-refractivity contribution is 0.133. The lowest BCUT2D eigenvalue weighted by Gasteiger charge is -2.32. The molecule has 0 bridgehead atoms. The van der Waals surface area contributed by atoms with Gasteiger partial charge in [-0.2, -0.15) is 4.98 Å². The molecule has 3 aromatic rings. The highest BCUT2D eigenvalue weighted by Crippen LogP contribution is 2.47. The lowest BCUT2D eigenvalue weighted by atomic mass is 9.82. The predicted molar refractivity (Wildman–Crippen MR) is 134 cm³/mol. The number of aromatic nitrogens is 2. The van der Waals surface area contributed by atoms with E-state index in [0.29, 0.717) is 27.9 Å². The lowest BCUT2D eigenvalue weighted by Crippen LogP contribution is -2.41. The van der Waals surface area contributed by atoms with Crippen molar-refractivity contribution in [1.82, 2.24) is 9.97 Å². The second-order valence-electron chi connectivity index (χ2n) is 9.16. The summed E-state index contributed by atoms with van der Waals surface area (Å²) in [5, 5.41) is 1.79. The molecule has 0 radical (unpaired) electrons. The van der Waals surface area contributed by atoms with Gasteiger partial charge < -0.3 is 19.9 Å². The molecule has 1 aromatic carbocycles. The Hall–Kier alpha value is -2.58. The molecule has 34 heavy (non-hydrogen) atoms. The van der Waals surface area contributed by atoms with Gasteiger partial charge in [-0.05, 0) is 62.5 Å². The van der Waals surface area contributed by atoms with Gasteiger partial charge in [0.15, 0.2) is 11.5 Å². The van der Waals surface area contributed by atoms with Gasteiger partial charge in [0.05, 0.1) is 11.8 Å². The zero-order chi connectivity index (χ0) is 23.9. The van der Waals surface area contributed by atoms with Crippen molar-refractivity contribution in [2.45, 2.75) is 57.2 Å². The van der Waals surface area contributed by atoms with Gasteiger partial charge in [0.25, 0.3) is 0 Å². The fourth-order valence-electron chi connectivity index (χ4n) is 4.60. The molecule has 1 saturated carbocycles. The first-order valence-electron chi connectivity index (χ1n) is 11.3. The van der Waals surface area contributed by atoms with E-state index in [-0.39, 0.29) is 6.10 Å². The second kappa shape index (κ2) is 8.89. The number of nitrogens with zero attached hydrogens (tertiary/aromatic N) is 3. The van der Waals surface area contributed by atoms with Crippen molar-refractivity contribution in [3.8, 4) is 5.88 Å². The van der Waals surface area contributed by atoms with Crippen LogP contribution >= 0.6 is 18.9 Å². The van der Waals surface area contributed by atoms with Gasteiger partial charge >= 0.3 is 7.60 Å². The van der Waals surface area contributed by atoms with E-state index in [0.717, 1.165) is 37.0 Å². The van der Waals surface area contributed by atoms with E-state index in [1.54, 1.807) is 17.5 Å². The average molecular weight is 499 g/mol. The smallest absolute Gasteiger partial charge is 0.368 e. The Kier molecular flexibility index (Phi) is 6.06. The number of ether oxygens (including phenoxy) is 1. The summed E-state index contributed by atoms with van der Waals surface area (Å²) in [4.78, 5) is 23.2. The number of hydrogen-bond acceptors (Lipinski definition) is 8. The van der Waals surface area contributed by atoms with Crippen molar-refractivity contribution in [3.05, 3.63) is 59.2 Å². The van der Waals surface area contributed by atoms with E-state index >= 15 is 0 Å². The molecule has 8 nitrogen and oxygen atoms in total. The van der Waals surface area contributed by atoms with Crippen molar-refractivity contribution in [2.75, 3.05) is 5.73 Å². The zero-order valence-electron chi connectivity index (χ0n) is 19.0. The third-order valence-corrected chi connectivity index (χ3v) is 9.34. The maximum Gasteiger partial charge on any atom is 0.368 e. The molecular weight excluding hydrogens is 471 g/mol. The Morgan fingerprint density at radius 3 is 2.56 bits per heavy atom.